The van der Waals surface area contributed by atoms with Crippen LogP contribution in [0.2, 0.25) is 5.02 Å². The molecule has 0 aliphatic heterocycles. The Hall–Kier alpha value is -2.66. The summed E-state index contributed by atoms with van der Waals surface area (Å²) in [5.74, 6) is -0.806. The summed E-state index contributed by atoms with van der Waals surface area (Å²) in [6, 6.07) is 14.5. The van der Waals surface area contributed by atoms with Crippen LogP contribution in [0.15, 0.2) is 70.2 Å². The molecule has 0 spiro atoms. The lowest BCUT2D eigenvalue weighted by Gasteiger charge is -2.07. The molecule has 0 radical (unpaired) electrons. The largest absolute Gasteiger partial charge is 0.510 e. The maximum absolute atomic E-state index is 12.4. The van der Waals surface area contributed by atoms with E-state index in [4.69, 9.17) is 11.6 Å². The Balaban J connectivity index is 2.10. The summed E-state index contributed by atoms with van der Waals surface area (Å²) < 4.78 is 0. The summed E-state index contributed by atoms with van der Waals surface area (Å²) in [5, 5.41) is 20.8. The Morgan fingerprint density at radius 2 is 1.85 bits per heavy atom. The Labute approximate surface area is 158 Å². The first kappa shape index (κ1) is 19.7. The van der Waals surface area contributed by atoms with E-state index in [0.29, 0.717) is 16.4 Å². The fourth-order valence-corrected chi connectivity index (χ4v) is 2.43. The predicted molar refractivity (Wildman–Crippen MR) is 105 cm³/mol. The van der Waals surface area contributed by atoms with Crippen LogP contribution >= 0.6 is 11.6 Å². The number of rotatable bonds is 7. The van der Waals surface area contributed by atoms with Crippen molar-refractivity contribution >= 4 is 28.9 Å². The number of unbranched alkanes of at least 4 members (excludes halogenated alkanes) is 1. The summed E-state index contributed by atoms with van der Waals surface area (Å²) in [4.78, 5) is 12.4. The first-order valence-electron chi connectivity index (χ1n) is 8.47. The molecule has 1 amide bonds. The number of hydrogen-bond donors (Lipinski definition) is 2. The lowest BCUT2D eigenvalue weighted by molar-refractivity contribution is -0.113. The van der Waals surface area contributed by atoms with Crippen LogP contribution in [0.1, 0.15) is 32.3 Å². The predicted octanol–water partition coefficient (Wildman–Crippen LogP) is 6.19. The number of allylic oxidation sites excluding steroid dienone is 1. The Morgan fingerprint density at radius 3 is 2.46 bits per heavy atom. The lowest BCUT2D eigenvalue weighted by Crippen LogP contribution is -2.14. The zero-order valence-corrected chi connectivity index (χ0v) is 15.6. The van der Waals surface area contributed by atoms with Gasteiger partial charge in [0.1, 0.15) is 5.76 Å². The quantitative estimate of drug-likeness (QED) is 0.345. The maximum Gasteiger partial charge on any atom is 0.279 e. The fraction of sp³-hybridized carbons (Fsp3) is 0.250. The molecular formula is C20H22ClN3O2. The number of nitrogens with one attached hydrogen (secondary N) is 1. The fourth-order valence-electron chi connectivity index (χ4n) is 2.24. The van der Waals surface area contributed by atoms with Gasteiger partial charge in [-0.3, -0.25) is 4.79 Å². The Kier molecular flexibility index (Phi) is 7.36. The summed E-state index contributed by atoms with van der Waals surface area (Å²) >= 11 is 6.03. The monoisotopic (exact) mass is 371 g/mol. The van der Waals surface area contributed by atoms with Crippen molar-refractivity contribution in [3.8, 4) is 0 Å². The van der Waals surface area contributed by atoms with E-state index in [1.165, 1.54) is 12.5 Å². The summed E-state index contributed by atoms with van der Waals surface area (Å²) in [6.07, 6.45) is 3.31. The number of anilines is 1. The van der Waals surface area contributed by atoms with Gasteiger partial charge in [-0.15, -0.1) is 5.11 Å². The molecule has 0 heterocycles. The van der Waals surface area contributed by atoms with Gasteiger partial charge in [0.2, 0.25) is 0 Å². The van der Waals surface area contributed by atoms with Crippen LogP contribution in [0, 0.1) is 0 Å². The number of hydrogen-bond acceptors (Lipinski definition) is 4. The van der Waals surface area contributed by atoms with Gasteiger partial charge in [-0.1, -0.05) is 49.2 Å². The van der Waals surface area contributed by atoms with Gasteiger partial charge in [-0.05, 0) is 49.6 Å². The van der Waals surface area contributed by atoms with Crippen molar-refractivity contribution in [1.82, 2.24) is 0 Å². The molecule has 0 aliphatic carbocycles. The van der Waals surface area contributed by atoms with E-state index < -0.39 is 5.91 Å². The average Bonchev–Trinajstić information content (AvgIpc) is 2.63. The molecule has 0 atom stereocenters. The van der Waals surface area contributed by atoms with Gasteiger partial charge >= 0.3 is 0 Å². The van der Waals surface area contributed by atoms with Gasteiger partial charge in [-0.25, -0.2) is 0 Å². The van der Waals surface area contributed by atoms with Crippen LogP contribution in [0.25, 0.3) is 0 Å². The molecule has 2 N–H and O–H groups in total. The van der Waals surface area contributed by atoms with E-state index in [2.05, 4.69) is 22.5 Å². The van der Waals surface area contributed by atoms with Gasteiger partial charge in [0, 0.05) is 0 Å². The minimum absolute atomic E-state index is 0.167. The van der Waals surface area contributed by atoms with Crippen molar-refractivity contribution in [3.63, 3.8) is 0 Å². The molecule has 0 aromatic heterocycles. The number of aliphatic hydroxyl groups is 1. The second kappa shape index (κ2) is 9.73. The van der Waals surface area contributed by atoms with Gasteiger partial charge in [0.05, 0.1) is 16.4 Å². The molecule has 136 valence electrons. The highest BCUT2D eigenvalue weighted by Gasteiger charge is 2.14. The van der Waals surface area contributed by atoms with Crippen molar-refractivity contribution in [2.75, 3.05) is 5.32 Å². The standard InChI is InChI=1S/C20H22ClN3O2/c1-3-4-7-15-10-12-16(13-11-15)23-24-19(14(2)25)20(26)22-18-9-6-5-8-17(18)21/h5-6,8-13,25H,3-4,7H2,1-2H3,(H,22,26). The average molecular weight is 372 g/mol. The molecule has 6 heteroatoms. The second-order valence-electron chi connectivity index (χ2n) is 5.84. The molecule has 0 fully saturated rings. The van der Waals surface area contributed by atoms with E-state index in [1.54, 1.807) is 24.3 Å². The Morgan fingerprint density at radius 1 is 1.15 bits per heavy atom. The number of benzene rings is 2. The van der Waals surface area contributed by atoms with Crippen molar-refractivity contribution in [3.05, 3.63) is 70.6 Å². The normalized spacial score (nSPS) is 12.1. The zero-order valence-electron chi connectivity index (χ0n) is 14.9. The minimum Gasteiger partial charge on any atom is -0.510 e. The van der Waals surface area contributed by atoms with Crippen molar-refractivity contribution in [1.29, 1.82) is 0 Å². The topological polar surface area (TPSA) is 74.0 Å². The van der Waals surface area contributed by atoms with Crippen LogP contribution in [0.5, 0.6) is 0 Å². The highest BCUT2D eigenvalue weighted by atomic mass is 35.5. The molecule has 0 unspecified atom stereocenters. The highest BCUT2D eigenvalue weighted by molar-refractivity contribution is 6.33. The SMILES string of the molecule is CCCCc1ccc(N=NC(C(=O)Nc2ccccc2Cl)=C(C)O)cc1. The second-order valence-corrected chi connectivity index (χ2v) is 6.25. The van der Waals surface area contributed by atoms with Gasteiger partial charge in [0.25, 0.3) is 5.91 Å². The third-order valence-corrected chi connectivity index (χ3v) is 4.03. The number of halogens is 1. The molecular weight excluding hydrogens is 350 g/mol. The van der Waals surface area contributed by atoms with Gasteiger partial charge in [-0.2, -0.15) is 5.11 Å². The molecule has 2 aromatic carbocycles. The van der Waals surface area contributed by atoms with Crippen molar-refractivity contribution < 1.29 is 9.90 Å². The molecule has 26 heavy (non-hydrogen) atoms. The lowest BCUT2D eigenvalue weighted by atomic mass is 10.1. The summed E-state index contributed by atoms with van der Waals surface area (Å²) in [5.41, 5.74) is 2.11. The third kappa shape index (κ3) is 5.70. The van der Waals surface area contributed by atoms with E-state index in [-0.39, 0.29) is 11.5 Å². The number of para-hydroxylation sites is 1. The molecule has 0 bridgehead atoms. The zero-order chi connectivity index (χ0) is 18.9. The number of aryl methyl sites for hydroxylation is 1. The third-order valence-electron chi connectivity index (χ3n) is 3.70. The number of carbonyl (C=O) groups excluding carboxylic acids is 1. The minimum atomic E-state index is -0.582. The van der Waals surface area contributed by atoms with Crippen LogP contribution in [-0.4, -0.2) is 11.0 Å². The van der Waals surface area contributed by atoms with Crippen molar-refractivity contribution in [2.24, 2.45) is 10.2 Å². The molecule has 2 rings (SSSR count). The molecule has 0 saturated carbocycles. The first-order valence-corrected chi connectivity index (χ1v) is 8.85. The van der Waals surface area contributed by atoms with Gasteiger partial charge in [0.15, 0.2) is 5.70 Å². The highest BCUT2D eigenvalue weighted by Crippen LogP contribution is 2.22. The van der Waals surface area contributed by atoms with E-state index in [1.807, 2.05) is 24.3 Å². The summed E-state index contributed by atoms with van der Waals surface area (Å²) in [6.45, 7) is 3.54. The van der Waals surface area contributed by atoms with Crippen LogP contribution in [-0.2, 0) is 11.2 Å². The molecule has 0 saturated heterocycles. The van der Waals surface area contributed by atoms with Crippen LogP contribution in [0.3, 0.4) is 0 Å². The molecule has 0 aliphatic rings. The maximum atomic E-state index is 12.4. The number of nitrogens with zero attached hydrogens (tertiary/aromatic N) is 2. The number of amides is 1. The van der Waals surface area contributed by atoms with Gasteiger partial charge < -0.3 is 10.4 Å². The first-order chi connectivity index (χ1) is 12.5. The number of carbonyl (C=O) groups is 1. The molecule has 2 aromatic rings. The smallest absolute Gasteiger partial charge is 0.279 e. The molecule has 5 nitrogen and oxygen atoms in total. The van der Waals surface area contributed by atoms with Crippen LogP contribution < -0.4 is 5.32 Å². The van der Waals surface area contributed by atoms with E-state index in [0.717, 1.165) is 19.3 Å². The van der Waals surface area contributed by atoms with Crippen molar-refractivity contribution in [2.45, 2.75) is 33.1 Å². The number of azo groups is 1. The number of aliphatic hydroxyl groups excluding tert-OH is 1. The summed E-state index contributed by atoms with van der Waals surface area (Å²) in [7, 11) is 0. The van der Waals surface area contributed by atoms with Crippen LogP contribution in [0.4, 0.5) is 11.4 Å². The Bertz CT molecular complexity index is 810. The van der Waals surface area contributed by atoms with E-state index in [9.17, 15) is 9.90 Å². The van der Waals surface area contributed by atoms with E-state index >= 15 is 0 Å².